The summed E-state index contributed by atoms with van der Waals surface area (Å²) in [4.78, 5) is 21.5. The minimum Gasteiger partial charge on any atom is -0.657 e. The van der Waals surface area contributed by atoms with Crippen LogP contribution in [0.15, 0.2) is 175 Å². The molecule has 2 aliphatic heterocycles. The van der Waals surface area contributed by atoms with Crippen LogP contribution in [-0.4, -0.2) is 24.9 Å². The maximum absolute atomic E-state index is 11.8. The van der Waals surface area contributed by atoms with E-state index in [1.165, 1.54) is 0 Å². The maximum atomic E-state index is 11.8. The van der Waals surface area contributed by atoms with Gasteiger partial charge < -0.3 is 16.9 Å². The molecular weight excluding hydrogens is 910 g/mol. The number of fused-ring (bicyclic) bond motifs is 8. The molecule has 0 aliphatic carbocycles. The molecule has 7 nitrogen and oxygen atoms in total. The summed E-state index contributed by atoms with van der Waals surface area (Å²) >= 11 is 0. The van der Waals surface area contributed by atoms with Gasteiger partial charge in [0, 0.05) is 6.54 Å². The fraction of sp³-hybridized carbons (Fsp3) is 0.0893. The van der Waals surface area contributed by atoms with Gasteiger partial charge in [0.25, 0.3) is 0 Å². The fourth-order valence-electron chi connectivity index (χ4n) is 7.93. The number of hydrogen-bond donors (Lipinski definition) is 1. The third kappa shape index (κ3) is 9.99. The van der Waals surface area contributed by atoms with Crippen LogP contribution in [0.2, 0.25) is 0 Å². The van der Waals surface area contributed by atoms with E-state index in [2.05, 4.69) is 157 Å². The molecule has 0 fully saturated rings. The summed E-state index contributed by atoms with van der Waals surface area (Å²) in [5.74, 6) is 0.251. The summed E-state index contributed by atoms with van der Waals surface area (Å²) in [7, 11) is -3.35. The first-order chi connectivity index (χ1) is 31.2. The Hall–Kier alpha value is -6.77. The molecule has 5 aromatic carbocycles. The van der Waals surface area contributed by atoms with Crippen LogP contribution in [0.4, 0.5) is 0 Å². The topological polar surface area (TPSA) is 100 Å². The van der Waals surface area contributed by atoms with Crippen molar-refractivity contribution < 1.29 is 27.9 Å². The van der Waals surface area contributed by atoms with Crippen LogP contribution in [-0.2, 0) is 29.5 Å². The molecule has 0 radical (unpaired) electrons. The second-order valence-corrected chi connectivity index (χ2v) is 17.7. The van der Waals surface area contributed by atoms with E-state index in [9.17, 15) is 8.42 Å². The molecule has 9 heteroatoms. The molecule has 10 rings (SSSR count). The zero-order valence-corrected chi connectivity index (χ0v) is 38.5. The molecule has 0 amide bonds. The first-order valence-corrected chi connectivity index (χ1v) is 22.9. The average molecular weight is 956 g/mol. The predicted octanol–water partition coefficient (Wildman–Crippen LogP) is 12.7. The second kappa shape index (κ2) is 20.0. The van der Waals surface area contributed by atoms with E-state index in [0.717, 1.165) is 101 Å². The standard InChI is InChI=1S/C44H28N4.C12H18NO2S.Rh/c1-5-13-29(14-6-1)41-33-21-23-35(45-33)42(30-15-7-2-8-16-30)37-25-27-39(47-37)44(32-19-11-4-12-20-32)40-28-26-38(48-40)43(31-17-9-3-10-18-31)36-24-22-34(41)46-36;1-10(2)8-9-13-16(14,15)12-6-4-11(3)5-7-12;/h1-28H;4-7,10,13H,1,8-9H2,2-3H3;/q-2;-1;+3. The zero-order valence-electron chi connectivity index (χ0n) is 36.0. The summed E-state index contributed by atoms with van der Waals surface area (Å²) in [5.41, 5.74) is 16.1. The summed E-state index contributed by atoms with van der Waals surface area (Å²) in [5, 5.41) is 0. The van der Waals surface area contributed by atoms with Crippen molar-refractivity contribution in [1.82, 2.24) is 24.7 Å². The Labute approximate surface area is 393 Å². The van der Waals surface area contributed by atoms with Crippen LogP contribution < -0.4 is 14.7 Å². The van der Waals surface area contributed by atoms with E-state index in [0.29, 0.717) is 11.4 Å². The SMILES string of the molecule is C1=Cc2nc1c(-c1ccccc1)c1ccc([n-]1)c(-c1ccccc1)c1nc(c(-c3ccccc3)c3ccc([n-]3)c2-c2ccccc2)C=C1.[CH2-]C(C)CCNS(=O)(=O)c1ccc(C)cc1.[Rh+3]. The average Bonchev–Trinajstić information content (AvgIpc) is 4.17. The number of rotatable bonds is 9. The Morgan fingerprint density at radius 1 is 0.492 bits per heavy atom. The maximum Gasteiger partial charge on any atom is 3.00 e. The molecule has 1 N–H and O–H groups in total. The van der Waals surface area contributed by atoms with Gasteiger partial charge in [0.15, 0.2) is 0 Å². The van der Waals surface area contributed by atoms with Crippen molar-refractivity contribution >= 4 is 56.4 Å². The Morgan fingerprint density at radius 3 is 1.09 bits per heavy atom. The monoisotopic (exact) mass is 955 g/mol. The van der Waals surface area contributed by atoms with E-state index in [-0.39, 0.29) is 25.4 Å². The van der Waals surface area contributed by atoms with Gasteiger partial charge in [-0.15, -0.1) is 22.1 Å². The molecule has 0 saturated carbocycles. The van der Waals surface area contributed by atoms with Gasteiger partial charge in [0.05, 0.1) is 27.7 Å². The molecule has 0 spiro atoms. The number of benzene rings is 5. The number of aromatic nitrogens is 4. The summed E-state index contributed by atoms with van der Waals surface area (Å²) < 4.78 is 26.1. The fourth-order valence-corrected chi connectivity index (χ4v) is 8.98. The number of nitrogens with zero attached hydrogens (tertiary/aromatic N) is 4. The van der Waals surface area contributed by atoms with Crippen LogP contribution in [0, 0.1) is 19.8 Å². The van der Waals surface area contributed by atoms with Crippen LogP contribution in [0.25, 0.3) is 90.9 Å². The number of hydrogen-bond acceptors (Lipinski definition) is 4. The third-order valence-corrected chi connectivity index (χ3v) is 12.6. The molecule has 3 aromatic heterocycles. The Balaban J connectivity index is 0.000000290. The van der Waals surface area contributed by atoms with Gasteiger partial charge in [-0.25, -0.2) is 23.1 Å². The third-order valence-electron chi connectivity index (χ3n) is 11.1. The van der Waals surface area contributed by atoms with Crippen LogP contribution >= 0.6 is 0 Å². The molecule has 65 heavy (non-hydrogen) atoms. The van der Waals surface area contributed by atoms with Gasteiger partial charge in [0.1, 0.15) is 0 Å². The summed E-state index contributed by atoms with van der Waals surface area (Å²) in [6, 6.07) is 56.8. The molecule has 5 heterocycles. The quantitative estimate of drug-likeness (QED) is 0.114. The normalized spacial score (nSPS) is 12.2. The van der Waals surface area contributed by atoms with E-state index in [1.807, 2.05) is 38.1 Å². The molecule has 322 valence electrons. The minimum atomic E-state index is -3.35. The number of nitrogens with one attached hydrogen (secondary N) is 1. The summed E-state index contributed by atoms with van der Waals surface area (Å²) in [6.45, 7) is 8.12. The van der Waals surface area contributed by atoms with Gasteiger partial charge in [-0.05, 0) is 87.9 Å². The van der Waals surface area contributed by atoms with Crippen molar-refractivity contribution in [3.8, 4) is 44.5 Å². The van der Waals surface area contributed by atoms with Gasteiger partial charge in [-0.2, -0.15) is 5.92 Å². The van der Waals surface area contributed by atoms with Gasteiger partial charge in [-0.3, -0.25) is 0 Å². The largest absolute Gasteiger partial charge is 3.00 e. The Kier molecular flexibility index (Phi) is 13.8. The first-order valence-electron chi connectivity index (χ1n) is 21.4. The Morgan fingerprint density at radius 2 is 0.800 bits per heavy atom. The van der Waals surface area contributed by atoms with E-state index in [1.54, 1.807) is 24.3 Å². The zero-order chi connectivity index (χ0) is 44.0. The molecule has 0 saturated heterocycles. The van der Waals surface area contributed by atoms with Crippen molar-refractivity contribution in [1.29, 1.82) is 0 Å². The van der Waals surface area contributed by atoms with Gasteiger partial charge >= 0.3 is 19.5 Å². The first kappa shape index (κ1) is 44.8. The van der Waals surface area contributed by atoms with E-state index >= 15 is 0 Å². The minimum absolute atomic E-state index is 0. The predicted molar refractivity (Wildman–Crippen MR) is 264 cm³/mol. The molecular formula is C56H46N5O2RhS. The molecule has 1 unspecified atom stereocenters. The van der Waals surface area contributed by atoms with Crippen molar-refractivity contribution in [2.75, 3.05) is 6.54 Å². The van der Waals surface area contributed by atoms with E-state index in [4.69, 9.17) is 19.9 Å². The molecule has 2 aliphatic rings. The smallest absolute Gasteiger partial charge is 0.657 e. The van der Waals surface area contributed by atoms with E-state index < -0.39 is 10.0 Å². The van der Waals surface area contributed by atoms with Crippen molar-refractivity contribution in [3.05, 3.63) is 205 Å². The van der Waals surface area contributed by atoms with Crippen LogP contribution in [0.1, 0.15) is 41.7 Å². The Bertz CT molecular complexity index is 2920. The van der Waals surface area contributed by atoms with Crippen molar-refractivity contribution in [2.45, 2.75) is 25.2 Å². The molecule has 8 aromatic rings. The second-order valence-electron chi connectivity index (χ2n) is 15.9. The summed E-state index contributed by atoms with van der Waals surface area (Å²) in [6.07, 6.45) is 9.15. The van der Waals surface area contributed by atoms with Gasteiger partial charge in [-0.1, -0.05) is 177 Å². The van der Waals surface area contributed by atoms with Crippen LogP contribution in [0.5, 0.6) is 0 Å². The number of aryl methyl sites for hydroxylation is 1. The van der Waals surface area contributed by atoms with Crippen molar-refractivity contribution in [2.24, 2.45) is 5.92 Å². The van der Waals surface area contributed by atoms with Gasteiger partial charge in [0.2, 0.25) is 10.0 Å². The number of sulfonamides is 1. The van der Waals surface area contributed by atoms with Crippen LogP contribution in [0.3, 0.4) is 0 Å². The molecule has 1 atom stereocenters. The molecule has 8 bridgehead atoms. The van der Waals surface area contributed by atoms with Crippen molar-refractivity contribution in [3.63, 3.8) is 0 Å².